The molecule has 1 rings (SSSR count). The van der Waals surface area contributed by atoms with Gasteiger partial charge in [0.1, 0.15) is 5.75 Å². The number of carbonyl (C=O) groups is 2. The van der Waals surface area contributed by atoms with Crippen molar-refractivity contribution in [2.75, 3.05) is 7.11 Å². The standard InChI is InChI=1S/C10H8F2O4/c1-16-7-4-2-6(3-5-7)10(11,12)8(13)9(14)15/h2-5H,1H3,(H,14,15). The van der Waals surface area contributed by atoms with Crippen molar-refractivity contribution in [1.82, 2.24) is 0 Å². The van der Waals surface area contributed by atoms with Gasteiger partial charge in [0.2, 0.25) is 0 Å². The number of Topliss-reactive ketones (excluding diaryl/α,β-unsaturated/α-hetero) is 1. The van der Waals surface area contributed by atoms with Crippen molar-refractivity contribution in [2.45, 2.75) is 5.92 Å². The number of rotatable bonds is 4. The molecule has 0 aliphatic rings. The Kier molecular flexibility index (Phi) is 3.22. The number of benzene rings is 1. The lowest BCUT2D eigenvalue weighted by molar-refractivity contribution is -0.163. The molecule has 4 nitrogen and oxygen atoms in total. The monoisotopic (exact) mass is 230 g/mol. The minimum Gasteiger partial charge on any atom is -0.497 e. The van der Waals surface area contributed by atoms with E-state index in [1.54, 1.807) is 0 Å². The molecule has 0 radical (unpaired) electrons. The summed E-state index contributed by atoms with van der Waals surface area (Å²) in [5, 5.41) is 8.23. The Morgan fingerprint density at radius 2 is 1.75 bits per heavy atom. The molecule has 0 atom stereocenters. The van der Waals surface area contributed by atoms with Crippen LogP contribution in [0.3, 0.4) is 0 Å². The number of hydrogen-bond donors (Lipinski definition) is 1. The Hall–Kier alpha value is -1.98. The molecule has 0 bridgehead atoms. The Balaban J connectivity index is 3.07. The third-order valence-corrected chi connectivity index (χ3v) is 1.93. The summed E-state index contributed by atoms with van der Waals surface area (Å²) in [6, 6.07) is 4.33. The number of methoxy groups -OCH3 is 1. The second-order valence-electron chi connectivity index (χ2n) is 2.94. The van der Waals surface area contributed by atoms with Crippen LogP contribution in [0, 0.1) is 0 Å². The smallest absolute Gasteiger partial charge is 0.379 e. The van der Waals surface area contributed by atoms with Gasteiger partial charge in [0.15, 0.2) is 0 Å². The first-order valence-electron chi connectivity index (χ1n) is 4.19. The van der Waals surface area contributed by atoms with Gasteiger partial charge < -0.3 is 9.84 Å². The molecule has 0 saturated carbocycles. The molecular weight excluding hydrogens is 222 g/mol. The number of aliphatic carboxylic acids is 1. The maximum Gasteiger partial charge on any atom is 0.379 e. The van der Waals surface area contributed by atoms with Crippen molar-refractivity contribution in [1.29, 1.82) is 0 Å². The van der Waals surface area contributed by atoms with E-state index in [9.17, 15) is 18.4 Å². The number of carbonyl (C=O) groups excluding carboxylic acids is 1. The van der Waals surface area contributed by atoms with Crippen molar-refractivity contribution in [3.63, 3.8) is 0 Å². The van der Waals surface area contributed by atoms with E-state index in [0.717, 1.165) is 12.1 Å². The second kappa shape index (κ2) is 4.26. The predicted octanol–water partition coefficient (Wildman–Crippen LogP) is 1.44. The Morgan fingerprint density at radius 1 is 1.25 bits per heavy atom. The molecule has 0 aromatic heterocycles. The number of halogens is 2. The maximum absolute atomic E-state index is 13.3. The van der Waals surface area contributed by atoms with Crippen LogP contribution in [0.5, 0.6) is 5.75 Å². The van der Waals surface area contributed by atoms with E-state index >= 15 is 0 Å². The van der Waals surface area contributed by atoms with Gasteiger partial charge >= 0.3 is 17.7 Å². The van der Waals surface area contributed by atoms with Crippen molar-refractivity contribution in [3.8, 4) is 5.75 Å². The summed E-state index contributed by atoms with van der Waals surface area (Å²) in [7, 11) is 1.36. The van der Waals surface area contributed by atoms with Crippen LogP contribution in [-0.2, 0) is 15.5 Å². The summed E-state index contributed by atoms with van der Waals surface area (Å²) in [6.45, 7) is 0. The Bertz CT molecular complexity index is 411. The largest absolute Gasteiger partial charge is 0.497 e. The minimum absolute atomic E-state index is 0.335. The molecule has 16 heavy (non-hydrogen) atoms. The topological polar surface area (TPSA) is 63.6 Å². The van der Waals surface area contributed by atoms with Crippen LogP contribution in [-0.4, -0.2) is 24.0 Å². The molecule has 0 amide bonds. The maximum atomic E-state index is 13.3. The number of carboxylic acid groups (broad SMARTS) is 1. The molecule has 0 unspecified atom stereocenters. The first-order chi connectivity index (χ1) is 7.39. The van der Waals surface area contributed by atoms with Crippen molar-refractivity contribution < 1.29 is 28.2 Å². The fourth-order valence-electron chi connectivity index (χ4n) is 1.07. The molecule has 0 saturated heterocycles. The van der Waals surface area contributed by atoms with Crippen LogP contribution < -0.4 is 4.74 Å². The van der Waals surface area contributed by atoms with Crippen LogP contribution >= 0.6 is 0 Å². The van der Waals surface area contributed by atoms with Gasteiger partial charge in [-0.15, -0.1) is 0 Å². The molecule has 1 aromatic rings. The average Bonchev–Trinajstić information content (AvgIpc) is 2.28. The van der Waals surface area contributed by atoms with Crippen LogP contribution in [0.2, 0.25) is 0 Å². The zero-order valence-corrected chi connectivity index (χ0v) is 8.24. The zero-order chi connectivity index (χ0) is 12.3. The SMILES string of the molecule is COc1ccc(C(F)(F)C(=O)C(=O)O)cc1. The van der Waals surface area contributed by atoms with Crippen LogP contribution in [0.1, 0.15) is 5.56 Å². The second-order valence-corrected chi connectivity index (χ2v) is 2.94. The molecular formula is C10H8F2O4. The molecule has 1 N–H and O–H groups in total. The van der Waals surface area contributed by atoms with Gasteiger partial charge in [-0.2, -0.15) is 8.78 Å². The molecule has 1 aromatic carbocycles. The molecule has 0 spiro atoms. The Labute approximate surface area is 89.5 Å². The third-order valence-electron chi connectivity index (χ3n) is 1.93. The van der Waals surface area contributed by atoms with E-state index in [1.807, 2.05) is 0 Å². The van der Waals surface area contributed by atoms with Gasteiger partial charge in [0, 0.05) is 5.56 Å². The van der Waals surface area contributed by atoms with Crippen molar-refractivity contribution in [2.24, 2.45) is 0 Å². The van der Waals surface area contributed by atoms with E-state index in [-0.39, 0.29) is 0 Å². The van der Waals surface area contributed by atoms with Gasteiger partial charge in [0.05, 0.1) is 7.11 Å². The Morgan fingerprint density at radius 3 is 2.12 bits per heavy atom. The highest BCUT2D eigenvalue weighted by Gasteiger charge is 2.45. The highest BCUT2D eigenvalue weighted by atomic mass is 19.3. The lowest BCUT2D eigenvalue weighted by atomic mass is 10.0. The van der Waals surface area contributed by atoms with Gasteiger partial charge in [-0.1, -0.05) is 0 Å². The number of ketones is 1. The predicted molar refractivity (Wildman–Crippen MR) is 49.5 cm³/mol. The van der Waals surface area contributed by atoms with Crippen LogP contribution in [0.4, 0.5) is 8.78 Å². The normalized spacial score (nSPS) is 10.9. The van der Waals surface area contributed by atoms with E-state index < -0.39 is 23.2 Å². The number of ether oxygens (including phenoxy) is 1. The van der Waals surface area contributed by atoms with Gasteiger partial charge in [-0.25, -0.2) is 4.79 Å². The highest BCUT2D eigenvalue weighted by Crippen LogP contribution is 2.30. The fraction of sp³-hybridized carbons (Fsp3) is 0.200. The summed E-state index contributed by atoms with van der Waals surface area (Å²) in [6.07, 6.45) is 0. The summed E-state index contributed by atoms with van der Waals surface area (Å²) in [5.74, 6) is -8.02. The van der Waals surface area contributed by atoms with Crippen LogP contribution in [0.15, 0.2) is 24.3 Å². The summed E-state index contributed by atoms with van der Waals surface area (Å²) < 4.78 is 31.3. The van der Waals surface area contributed by atoms with Crippen LogP contribution in [0.25, 0.3) is 0 Å². The molecule has 0 aliphatic heterocycles. The van der Waals surface area contributed by atoms with E-state index in [4.69, 9.17) is 9.84 Å². The van der Waals surface area contributed by atoms with Crippen molar-refractivity contribution >= 4 is 11.8 Å². The molecule has 0 heterocycles. The molecule has 0 fully saturated rings. The highest BCUT2D eigenvalue weighted by molar-refractivity contribution is 6.35. The quantitative estimate of drug-likeness (QED) is 0.795. The lowest BCUT2D eigenvalue weighted by Crippen LogP contribution is -2.32. The van der Waals surface area contributed by atoms with Crippen molar-refractivity contribution in [3.05, 3.63) is 29.8 Å². The summed E-state index contributed by atoms with van der Waals surface area (Å²) >= 11 is 0. The number of carboxylic acids is 1. The minimum atomic E-state index is -4.03. The summed E-state index contributed by atoms with van der Waals surface area (Å²) in [4.78, 5) is 20.9. The van der Waals surface area contributed by atoms with Gasteiger partial charge in [0.25, 0.3) is 0 Å². The fourth-order valence-corrected chi connectivity index (χ4v) is 1.07. The molecule has 0 aliphatic carbocycles. The van der Waals surface area contributed by atoms with E-state index in [2.05, 4.69) is 0 Å². The molecule has 6 heteroatoms. The zero-order valence-electron chi connectivity index (χ0n) is 8.24. The third kappa shape index (κ3) is 2.16. The summed E-state index contributed by atoms with van der Waals surface area (Å²) in [5.41, 5.74) is -0.680. The van der Waals surface area contributed by atoms with Gasteiger partial charge in [-0.3, -0.25) is 4.79 Å². The van der Waals surface area contributed by atoms with E-state index in [1.165, 1.54) is 19.2 Å². The van der Waals surface area contributed by atoms with Gasteiger partial charge in [-0.05, 0) is 24.3 Å². The number of alkyl halides is 2. The molecule has 86 valence electrons. The van der Waals surface area contributed by atoms with E-state index in [0.29, 0.717) is 5.75 Å². The lowest BCUT2D eigenvalue weighted by Gasteiger charge is -2.12. The first kappa shape index (κ1) is 12.1. The first-order valence-corrected chi connectivity index (χ1v) is 4.19. The number of hydrogen-bond acceptors (Lipinski definition) is 3. The average molecular weight is 230 g/mol.